The summed E-state index contributed by atoms with van der Waals surface area (Å²) in [5.74, 6) is -0.936. The number of non-ortho nitro benzene ring substituents is 1. The van der Waals surface area contributed by atoms with Crippen molar-refractivity contribution in [1.29, 1.82) is 0 Å². The first-order chi connectivity index (χ1) is 13.9. The van der Waals surface area contributed by atoms with Crippen LogP contribution in [0.25, 0.3) is 11.4 Å². The Balaban J connectivity index is 1.49. The van der Waals surface area contributed by atoms with Gasteiger partial charge < -0.3 is 15.2 Å². The summed E-state index contributed by atoms with van der Waals surface area (Å²) in [6.07, 6.45) is 0. The molecule has 0 aliphatic rings. The molecule has 3 rings (SSSR count). The van der Waals surface area contributed by atoms with Crippen LogP contribution < -0.4 is 10.6 Å². The van der Waals surface area contributed by atoms with Crippen molar-refractivity contribution in [3.8, 4) is 11.4 Å². The number of aromatic nitrogens is 2. The molecule has 10 heteroatoms. The quantitative estimate of drug-likeness (QED) is 0.355. The van der Waals surface area contributed by atoms with E-state index >= 15 is 0 Å². The van der Waals surface area contributed by atoms with E-state index in [2.05, 4.69) is 20.8 Å². The van der Waals surface area contributed by atoms with E-state index in [-0.39, 0.29) is 36.4 Å². The Hall–Kier alpha value is -4.08. The number of carbonyl (C=O) groups is 2. The molecule has 10 nitrogen and oxygen atoms in total. The molecule has 1 heterocycles. The molecular weight excluding hydrogens is 378 g/mol. The first-order valence-corrected chi connectivity index (χ1v) is 8.65. The lowest BCUT2D eigenvalue weighted by Crippen LogP contribution is -2.34. The van der Waals surface area contributed by atoms with Crippen LogP contribution in [0.4, 0.5) is 5.69 Å². The molecular formula is C19H17N5O5. The van der Waals surface area contributed by atoms with Crippen LogP contribution in [0.1, 0.15) is 26.6 Å². The number of nitrogens with zero attached hydrogens (tertiary/aromatic N) is 3. The van der Waals surface area contributed by atoms with Crippen molar-refractivity contribution < 1.29 is 19.0 Å². The Bertz CT molecular complexity index is 1030. The molecule has 0 fully saturated rings. The van der Waals surface area contributed by atoms with Gasteiger partial charge in [0.25, 0.3) is 11.6 Å². The molecule has 0 aliphatic carbocycles. The maximum absolute atomic E-state index is 12.1. The van der Waals surface area contributed by atoms with Gasteiger partial charge in [-0.3, -0.25) is 19.7 Å². The smallest absolute Gasteiger partial charge is 0.316 e. The number of aryl methyl sites for hydroxylation is 1. The van der Waals surface area contributed by atoms with Crippen molar-refractivity contribution >= 4 is 17.5 Å². The first kappa shape index (κ1) is 19.7. The Morgan fingerprint density at radius 1 is 1.00 bits per heavy atom. The van der Waals surface area contributed by atoms with Crippen LogP contribution >= 0.6 is 0 Å². The molecule has 29 heavy (non-hydrogen) atoms. The topological polar surface area (TPSA) is 140 Å². The van der Waals surface area contributed by atoms with Gasteiger partial charge in [-0.2, -0.15) is 4.98 Å². The van der Waals surface area contributed by atoms with E-state index in [1.165, 1.54) is 24.3 Å². The lowest BCUT2D eigenvalue weighted by atomic mass is 10.1. The predicted molar refractivity (Wildman–Crippen MR) is 102 cm³/mol. The van der Waals surface area contributed by atoms with Crippen molar-refractivity contribution in [2.75, 3.05) is 13.1 Å². The molecule has 148 valence electrons. The third-order valence-corrected chi connectivity index (χ3v) is 3.97. The monoisotopic (exact) mass is 395 g/mol. The van der Waals surface area contributed by atoms with Crippen LogP contribution in [0.5, 0.6) is 0 Å². The van der Waals surface area contributed by atoms with E-state index in [4.69, 9.17) is 4.52 Å². The van der Waals surface area contributed by atoms with Gasteiger partial charge >= 0.3 is 11.8 Å². The molecule has 0 spiro atoms. The minimum absolute atomic E-state index is 0.0668. The number of rotatable bonds is 7. The number of nitro groups is 1. The maximum Gasteiger partial charge on any atom is 0.316 e. The maximum atomic E-state index is 12.1. The molecule has 2 aromatic carbocycles. The van der Waals surface area contributed by atoms with E-state index in [1.54, 1.807) is 12.1 Å². The summed E-state index contributed by atoms with van der Waals surface area (Å²) in [6.45, 7) is 2.33. The van der Waals surface area contributed by atoms with Crippen LogP contribution in [-0.4, -0.2) is 40.0 Å². The fraction of sp³-hybridized carbons (Fsp3) is 0.158. The second kappa shape index (κ2) is 8.74. The molecule has 0 bridgehead atoms. The van der Waals surface area contributed by atoms with Crippen LogP contribution in [0, 0.1) is 17.0 Å². The lowest BCUT2D eigenvalue weighted by molar-refractivity contribution is -0.384. The number of nitro benzene ring substituents is 1. The van der Waals surface area contributed by atoms with E-state index in [9.17, 15) is 19.7 Å². The van der Waals surface area contributed by atoms with Gasteiger partial charge in [-0.25, -0.2) is 0 Å². The molecule has 2 amide bonds. The summed E-state index contributed by atoms with van der Waals surface area (Å²) in [4.78, 5) is 38.2. The Kier molecular flexibility index (Phi) is 5.93. The predicted octanol–water partition coefficient (Wildman–Crippen LogP) is 2.11. The number of hydrogen-bond acceptors (Lipinski definition) is 7. The normalized spacial score (nSPS) is 10.4. The van der Waals surface area contributed by atoms with Crippen LogP contribution in [-0.2, 0) is 0 Å². The second-order valence-electron chi connectivity index (χ2n) is 6.10. The zero-order valence-corrected chi connectivity index (χ0v) is 15.4. The SMILES string of the molecule is Cc1ccc(C(=O)NCCNC(=O)c2nc(-c3ccc([N+](=O)[O-])cc3)no2)cc1. The summed E-state index contributed by atoms with van der Waals surface area (Å²) in [7, 11) is 0. The minimum Gasteiger partial charge on any atom is -0.350 e. The summed E-state index contributed by atoms with van der Waals surface area (Å²) in [6, 6.07) is 12.7. The standard InChI is InChI=1S/C19H17N5O5/c1-12-2-4-14(5-3-12)17(25)20-10-11-21-18(26)19-22-16(23-29-19)13-6-8-15(9-7-13)24(27)28/h2-9H,10-11H2,1H3,(H,20,25)(H,21,26). The van der Waals surface area contributed by atoms with Crippen molar-refractivity contribution in [2.45, 2.75) is 6.92 Å². The van der Waals surface area contributed by atoms with Crippen molar-refractivity contribution in [1.82, 2.24) is 20.8 Å². The molecule has 3 aromatic rings. The van der Waals surface area contributed by atoms with Gasteiger partial charge in [-0.1, -0.05) is 22.9 Å². The van der Waals surface area contributed by atoms with Crippen LogP contribution in [0.15, 0.2) is 53.1 Å². The largest absolute Gasteiger partial charge is 0.350 e. The molecule has 0 saturated heterocycles. The molecule has 2 N–H and O–H groups in total. The van der Waals surface area contributed by atoms with E-state index in [0.29, 0.717) is 11.1 Å². The van der Waals surface area contributed by atoms with E-state index in [1.807, 2.05) is 19.1 Å². The first-order valence-electron chi connectivity index (χ1n) is 8.65. The Labute approximate surface area is 165 Å². The highest BCUT2D eigenvalue weighted by Crippen LogP contribution is 2.19. The molecule has 0 atom stereocenters. The zero-order chi connectivity index (χ0) is 20.8. The summed E-state index contributed by atoms with van der Waals surface area (Å²) in [5, 5.41) is 19.6. The number of nitrogens with one attached hydrogen (secondary N) is 2. The highest BCUT2D eigenvalue weighted by Gasteiger charge is 2.16. The third kappa shape index (κ3) is 5.01. The Morgan fingerprint density at radius 3 is 2.24 bits per heavy atom. The van der Waals surface area contributed by atoms with Crippen LogP contribution in [0.2, 0.25) is 0 Å². The fourth-order valence-electron chi connectivity index (χ4n) is 2.40. The van der Waals surface area contributed by atoms with Crippen molar-refractivity contribution in [3.63, 3.8) is 0 Å². The average molecular weight is 395 g/mol. The summed E-state index contributed by atoms with van der Waals surface area (Å²) in [5.41, 5.74) is 2.00. The number of hydrogen-bond donors (Lipinski definition) is 2. The van der Waals surface area contributed by atoms with Crippen molar-refractivity contribution in [2.24, 2.45) is 0 Å². The van der Waals surface area contributed by atoms with Gasteiger partial charge in [0.2, 0.25) is 5.82 Å². The summed E-state index contributed by atoms with van der Waals surface area (Å²) < 4.78 is 4.92. The minimum atomic E-state index is -0.588. The van der Waals surface area contributed by atoms with Gasteiger partial charge in [0.15, 0.2) is 0 Å². The highest BCUT2D eigenvalue weighted by molar-refractivity contribution is 5.94. The molecule has 0 saturated carbocycles. The highest BCUT2D eigenvalue weighted by atomic mass is 16.6. The van der Waals surface area contributed by atoms with E-state index in [0.717, 1.165) is 5.56 Å². The molecule has 0 radical (unpaired) electrons. The molecule has 1 aromatic heterocycles. The van der Waals surface area contributed by atoms with Gasteiger partial charge in [-0.15, -0.1) is 0 Å². The lowest BCUT2D eigenvalue weighted by Gasteiger charge is -2.06. The number of benzene rings is 2. The number of amides is 2. The second-order valence-corrected chi connectivity index (χ2v) is 6.10. The zero-order valence-electron chi connectivity index (χ0n) is 15.4. The van der Waals surface area contributed by atoms with Gasteiger partial charge in [-0.05, 0) is 31.2 Å². The van der Waals surface area contributed by atoms with Gasteiger partial charge in [0.05, 0.1) is 4.92 Å². The Morgan fingerprint density at radius 2 is 1.62 bits per heavy atom. The number of carbonyl (C=O) groups excluding carboxylic acids is 2. The van der Waals surface area contributed by atoms with Gasteiger partial charge in [0, 0.05) is 36.3 Å². The molecule has 0 unspecified atom stereocenters. The van der Waals surface area contributed by atoms with Gasteiger partial charge in [0.1, 0.15) is 0 Å². The molecule has 0 aliphatic heterocycles. The average Bonchev–Trinajstić information content (AvgIpc) is 3.22. The van der Waals surface area contributed by atoms with E-state index < -0.39 is 10.8 Å². The van der Waals surface area contributed by atoms with Crippen LogP contribution in [0.3, 0.4) is 0 Å². The summed E-state index contributed by atoms with van der Waals surface area (Å²) >= 11 is 0. The fourth-order valence-corrected chi connectivity index (χ4v) is 2.40. The van der Waals surface area contributed by atoms with Crippen molar-refractivity contribution in [3.05, 3.63) is 75.7 Å². The third-order valence-electron chi connectivity index (χ3n) is 3.97.